The zero-order valence-corrected chi connectivity index (χ0v) is 17.6. The lowest BCUT2D eigenvalue weighted by atomic mass is 9.98. The van der Waals surface area contributed by atoms with Crippen molar-refractivity contribution in [2.45, 2.75) is 45.3 Å². The van der Waals surface area contributed by atoms with E-state index in [2.05, 4.69) is 30.5 Å². The number of carbonyl (C=O) groups is 2. The summed E-state index contributed by atoms with van der Waals surface area (Å²) in [4.78, 5) is 21.7. The lowest BCUT2D eigenvalue weighted by molar-refractivity contribution is -0.133. The van der Waals surface area contributed by atoms with E-state index in [1.54, 1.807) is 12.1 Å². The van der Waals surface area contributed by atoms with Crippen LogP contribution in [-0.4, -0.2) is 28.2 Å². The van der Waals surface area contributed by atoms with Gasteiger partial charge in [0.1, 0.15) is 11.9 Å². The van der Waals surface area contributed by atoms with Crippen molar-refractivity contribution in [1.29, 1.82) is 0 Å². The Hall–Kier alpha value is -3.41. The quantitative estimate of drug-likeness (QED) is 0.344. The highest BCUT2D eigenvalue weighted by atomic mass is 19.1. The van der Waals surface area contributed by atoms with E-state index in [-0.39, 0.29) is 11.9 Å². The largest absolute Gasteiger partial charge is 0.478 e. The van der Waals surface area contributed by atoms with Crippen LogP contribution < -0.4 is 0 Å². The second-order valence-electron chi connectivity index (χ2n) is 7.68. The standard InChI is InChI=1S/C25H26FNO4/c1-17(2)27-22-8-4-3-7-21(22)25(18-10-12-19(26)13-11-18)23(27)15-14-20(31-16-28)6-5-9-24(29)30/h3-5,7-13,16-17,20H,6,14-15H2,1-2H3,(H,29,30). The molecule has 1 heterocycles. The second-order valence-corrected chi connectivity index (χ2v) is 7.68. The number of fused-ring (bicyclic) bond motifs is 1. The normalized spacial score (nSPS) is 12.5. The van der Waals surface area contributed by atoms with E-state index in [0.29, 0.717) is 25.7 Å². The molecule has 0 amide bonds. The average molecular weight is 423 g/mol. The van der Waals surface area contributed by atoms with Gasteiger partial charge in [0.15, 0.2) is 0 Å². The number of nitrogens with zero attached hydrogens (tertiary/aromatic N) is 1. The number of benzene rings is 2. The molecule has 1 unspecified atom stereocenters. The number of carboxylic acid groups (broad SMARTS) is 1. The van der Waals surface area contributed by atoms with Crippen LogP contribution in [0.25, 0.3) is 22.0 Å². The number of para-hydroxylation sites is 1. The molecule has 0 spiro atoms. The molecule has 1 N–H and O–H groups in total. The number of aromatic nitrogens is 1. The van der Waals surface area contributed by atoms with E-state index in [9.17, 15) is 14.0 Å². The minimum absolute atomic E-state index is 0.187. The van der Waals surface area contributed by atoms with Crippen LogP contribution in [0.15, 0.2) is 60.7 Å². The number of rotatable bonds is 10. The highest BCUT2D eigenvalue weighted by Gasteiger charge is 2.21. The van der Waals surface area contributed by atoms with Crippen molar-refractivity contribution in [1.82, 2.24) is 4.57 Å². The Labute approximate surface area is 180 Å². The maximum absolute atomic E-state index is 13.6. The summed E-state index contributed by atoms with van der Waals surface area (Å²) in [6.07, 6.45) is 3.57. The summed E-state index contributed by atoms with van der Waals surface area (Å²) in [5.74, 6) is -1.33. The van der Waals surface area contributed by atoms with Crippen LogP contribution in [0.5, 0.6) is 0 Å². The third kappa shape index (κ3) is 5.20. The first-order valence-corrected chi connectivity index (χ1v) is 10.3. The molecule has 0 bridgehead atoms. The Bertz CT molecular complexity index is 1080. The molecule has 0 fully saturated rings. The molecular formula is C25H26FNO4. The molecule has 31 heavy (non-hydrogen) atoms. The van der Waals surface area contributed by atoms with Gasteiger partial charge in [-0.05, 0) is 50.5 Å². The Morgan fingerprint density at radius 3 is 2.52 bits per heavy atom. The highest BCUT2D eigenvalue weighted by molar-refractivity contribution is 5.98. The molecule has 0 saturated heterocycles. The molecular weight excluding hydrogens is 397 g/mol. The molecule has 0 saturated carbocycles. The molecule has 1 atom stereocenters. The molecule has 3 aromatic rings. The molecule has 3 rings (SSSR count). The molecule has 0 aliphatic carbocycles. The minimum atomic E-state index is -1.04. The van der Waals surface area contributed by atoms with Gasteiger partial charge in [0.25, 0.3) is 6.47 Å². The van der Waals surface area contributed by atoms with Crippen LogP contribution in [-0.2, 0) is 20.7 Å². The van der Waals surface area contributed by atoms with E-state index >= 15 is 0 Å². The summed E-state index contributed by atoms with van der Waals surface area (Å²) < 4.78 is 21.0. The van der Waals surface area contributed by atoms with Crippen molar-refractivity contribution in [3.63, 3.8) is 0 Å². The van der Waals surface area contributed by atoms with Crippen LogP contribution in [0.1, 0.15) is 38.4 Å². The molecule has 0 radical (unpaired) electrons. The first-order chi connectivity index (χ1) is 14.9. The van der Waals surface area contributed by atoms with Gasteiger partial charge in [0.05, 0.1) is 0 Å². The maximum Gasteiger partial charge on any atom is 0.327 e. The van der Waals surface area contributed by atoms with Gasteiger partial charge in [-0.2, -0.15) is 0 Å². The summed E-state index contributed by atoms with van der Waals surface area (Å²) in [6, 6.07) is 14.8. The minimum Gasteiger partial charge on any atom is -0.478 e. The molecule has 162 valence electrons. The zero-order chi connectivity index (χ0) is 22.4. The Balaban J connectivity index is 2.04. The van der Waals surface area contributed by atoms with Gasteiger partial charge in [-0.25, -0.2) is 9.18 Å². The van der Waals surface area contributed by atoms with Crippen LogP contribution in [0, 0.1) is 5.82 Å². The van der Waals surface area contributed by atoms with Gasteiger partial charge >= 0.3 is 5.97 Å². The van der Waals surface area contributed by atoms with Crippen molar-refractivity contribution in [3.05, 3.63) is 72.2 Å². The summed E-state index contributed by atoms with van der Waals surface area (Å²) >= 11 is 0. The predicted octanol–water partition coefficient (Wildman–Crippen LogP) is 5.53. The van der Waals surface area contributed by atoms with Crippen LogP contribution in [0.4, 0.5) is 4.39 Å². The Morgan fingerprint density at radius 1 is 1.16 bits per heavy atom. The highest BCUT2D eigenvalue weighted by Crippen LogP contribution is 2.38. The van der Waals surface area contributed by atoms with Crippen molar-refractivity contribution in [2.24, 2.45) is 0 Å². The SMILES string of the molecule is CC(C)n1c(CCC(CC=CC(=O)O)OC=O)c(-c2ccc(F)cc2)c2ccccc21. The third-order valence-electron chi connectivity index (χ3n) is 5.27. The van der Waals surface area contributed by atoms with Crippen LogP contribution in [0.2, 0.25) is 0 Å². The topological polar surface area (TPSA) is 68.5 Å². The van der Waals surface area contributed by atoms with Crippen molar-refractivity contribution >= 4 is 23.3 Å². The number of hydrogen-bond acceptors (Lipinski definition) is 3. The summed E-state index contributed by atoms with van der Waals surface area (Å²) in [5, 5.41) is 9.88. The predicted molar refractivity (Wildman–Crippen MR) is 118 cm³/mol. The lowest BCUT2D eigenvalue weighted by Gasteiger charge is -2.18. The summed E-state index contributed by atoms with van der Waals surface area (Å²) in [5.41, 5.74) is 4.12. The Morgan fingerprint density at radius 2 is 1.87 bits per heavy atom. The average Bonchev–Trinajstić information content (AvgIpc) is 3.06. The van der Waals surface area contributed by atoms with E-state index in [1.165, 1.54) is 18.2 Å². The molecule has 1 aromatic heterocycles. The maximum atomic E-state index is 13.6. The smallest absolute Gasteiger partial charge is 0.327 e. The summed E-state index contributed by atoms with van der Waals surface area (Å²) in [6.45, 7) is 4.62. The Kier molecular flexibility index (Phi) is 7.23. The van der Waals surface area contributed by atoms with Crippen molar-refractivity contribution in [2.75, 3.05) is 0 Å². The first kappa shape index (κ1) is 22.3. The first-order valence-electron chi connectivity index (χ1n) is 10.3. The van der Waals surface area contributed by atoms with Crippen LogP contribution >= 0.6 is 0 Å². The third-order valence-corrected chi connectivity index (χ3v) is 5.27. The molecule has 0 aliphatic rings. The van der Waals surface area contributed by atoms with Gasteiger partial charge in [-0.1, -0.05) is 36.4 Å². The number of hydrogen-bond donors (Lipinski definition) is 1. The van der Waals surface area contributed by atoms with Gasteiger partial charge in [0, 0.05) is 40.7 Å². The molecule has 0 aliphatic heterocycles. The number of carboxylic acids is 1. The molecule has 6 heteroatoms. The zero-order valence-electron chi connectivity index (χ0n) is 17.6. The lowest BCUT2D eigenvalue weighted by Crippen LogP contribution is -2.15. The van der Waals surface area contributed by atoms with E-state index < -0.39 is 12.1 Å². The fraction of sp³-hybridized carbons (Fsp3) is 0.280. The number of halogens is 1. The fourth-order valence-electron chi connectivity index (χ4n) is 4.03. The monoisotopic (exact) mass is 423 g/mol. The van der Waals surface area contributed by atoms with Crippen LogP contribution in [0.3, 0.4) is 0 Å². The second kappa shape index (κ2) is 10.1. The van der Waals surface area contributed by atoms with E-state index in [1.807, 2.05) is 12.1 Å². The van der Waals surface area contributed by atoms with Crippen molar-refractivity contribution in [3.8, 4) is 11.1 Å². The molecule has 5 nitrogen and oxygen atoms in total. The van der Waals surface area contributed by atoms with Crippen molar-refractivity contribution < 1.29 is 23.8 Å². The number of aliphatic carboxylic acids is 1. The number of ether oxygens (including phenoxy) is 1. The van der Waals surface area contributed by atoms with Gasteiger partial charge in [-0.3, -0.25) is 4.79 Å². The van der Waals surface area contributed by atoms with Gasteiger partial charge < -0.3 is 14.4 Å². The van der Waals surface area contributed by atoms with Gasteiger partial charge in [0.2, 0.25) is 0 Å². The fourth-order valence-corrected chi connectivity index (χ4v) is 4.03. The molecule has 2 aromatic carbocycles. The van der Waals surface area contributed by atoms with E-state index in [4.69, 9.17) is 9.84 Å². The van der Waals surface area contributed by atoms with E-state index in [0.717, 1.165) is 33.8 Å². The number of carbonyl (C=O) groups excluding carboxylic acids is 1. The summed E-state index contributed by atoms with van der Waals surface area (Å²) in [7, 11) is 0. The van der Waals surface area contributed by atoms with Gasteiger partial charge in [-0.15, -0.1) is 0 Å².